The summed E-state index contributed by atoms with van der Waals surface area (Å²) in [6.45, 7) is 0. The van der Waals surface area contributed by atoms with E-state index in [1.165, 1.54) is 23.1 Å². The Labute approximate surface area is 86.9 Å². The molecule has 1 N–H and O–H groups in total. The third kappa shape index (κ3) is 2.70. The van der Waals surface area contributed by atoms with Crippen LogP contribution in [0.5, 0.6) is 11.5 Å². The first-order valence-electron chi connectivity index (χ1n) is 4.22. The van der Waals surface area contributed by atoms with Gasteiger partial charge in [-0.05, 0) is 18.2 Å². The normalized spacial score (nSPS) is 9.47. The van der Waals surface area contributed by atoms with Crippen LogP contribution in [-0.2, 0) is 0 Å². The number of aromatic hydroxyl groups is 1. The summed E-state index contributed by atoms with van der Waals surface area (Å²) in [5.41, 5.74) is 0.0825. The van der Waals surface area contributed by atoms with Crippen LogP contribution in [-0.4, -0.2) is 36.5 Å². The molecule has 0 heterocycles. The summed E-state index contributed by atoms with van der Waals surface area (Å²) in [4.78, 5) is 22.9. The minimum Gasteiger partial charge on any atom is -0.507 e. The SMILES string of the molecule is CN(C)C(=O)Oc1ccc(O)c(C=O)c1. The highest BCUT2D eigenvalue weighted by Gasteiger charge is 2.08. The largest absolute Gasteiger partial charge is 0.507 e. The zero-order valence-corrected chi connectivity index (χ0v) is 8.43. The molecule has 1 amide bonds. The highest BCUT2D eigenvalue weighted by atomic mass is 16.6. The van der Waals surface area contributed by atoms with E-state index in [2.05, 4.69) is 0 Å². The maximum absolute atomic E-state index is 11.1. The van der Waals surface area contributed by atoms with E-state index in [1.807, 2.05) is 0 Å². The van der Waals surface area contributed by atoms with Gasteiger partial charge in [0.15, 0.2) is 6.29 Å². The van der Waals surface area contributed by atoms with Gasteiger partial charge in [-0.3, -0.25) is 4.79 Å². The molecule has 0 radical (unpaired) electrons. The predicted octanol–water partition coefficient (Wildman–Crippen LogP) is 1.27. The van der Waals surface area contributed by atoms with Gasteiger partial charge < -0.3 is 14.7 Å². The van der Waals surface area contributed by atoms with Gasteiger partial charge in [0.25, 0.3) is 0 Å². The van der Waals surface area contributed by atoms with Crippen molar-refractivity contribution in [3.05, 3.63) is 23.8 Å². The number of phenolic OH excluding ortho intramolecular Hbond substituents is 1. The Kier molecular flexibility index (Phi) is 3.28. The molecule has 1 aromatic rings. The molecule has 0 unspecified atom stereocenters. The van der Waals surface area contributed by atoms with Crippen molar-refractivity contribution in [2.75, 3.05) is 14.1 Å². The number of carbonyl (C=O) groups is 2. The van der Waals surface area contributed by atoms with Crippen LogP contribution in [0.2, 0.25) is 0 Å². The number of hydrogen-bond acceptors (Lipinski definition) is 4. The van der Waals surface area contributed by atoms with Gasteiger partial charge in [0.2, 0.25) is 0 Å². The lowest BCUT2D eigenvalue weighted by Crippen LogP contribution is -2.25. The Balaban J connectivity index is 2.87. The lowest BCUT2D eigenvalue weighted by atomic mass is 10.2. The van der Waals surface area contributed by atoms with Crippen molar-refractivity contribution < 1.29 is 19.4 Å². The van der Waals surface area contributed by atoms with Crippen molar-refractivity contribution in [3.63, 3.8) is 0 Å². The zero-order valence-electron chi connectivity index (χ0n) is 8.43. The standard InChI is InChI=1S/C10H11NO4/c1-11(2)10(14)15-8-3-4-9(13)7(5-8)6-12/h3-6,13H,1-2H3. The predicted molar refractivity (Wildman–Crippen MR) is 53.2 cm³/mol. The second kappa shape index (κ2) is 4.45. The molecule has 0 bridgehead atoms. The van der Waals surface area contributed by atoms with E-state index < -0.39 is 6.09 Å². The highest BCUT2D eigenvalue weighted by molar-refractivity contribution is 5.80. The summed E-state index contributed by atoms with van der Waals surface area (Å²) < 4.78 is 4.89. The Morgan fingerprint density at radius 2 is 2.13 bits per heavy atom. The monoisotopic (exact) mass is 209 g/mol. The number of rotatable bonds is 2. The van der Waals surface area contributed by atoms with Crippen LogP contribution < -0.4 is 4.74 Å². The van der Waals surface area contributed by atoms with Gasteiger partial charge in [-0.15, -0.1) is 0 Å². The third-order valence-electron chi connectivity index (χ3n) is 1.70. The highest BCUT2D eigenvalue weighted by Crippen LogP contribution is 2.21. The van der Waals surface area contributed by atoms with Gasteiger partial charge in [0.1, 0.15) is 11.5 Å². The maximum atomic E-state index is 11.1. The molecule has 0 aliphatic heterocycles. The van der Waals surface area contributed by atoms with E-state index in [0.29, 0.717) is 6.29 Å². The summed E-state index contributed by atoms with van der Waals surface area (Å²) in [5, 5.41) is 9.20. The molecule has 0 saturated carbocycles. The molecule has 0 saturated heterocycles. The van der Waals surface area contributed by atoms with E-state index in [9.17, 15) is 14.7 Å². The van der Waals surface area contributed by atoms with Crippen molar-refractivity contribution in [3.8, 4) is 11.5 Å². The quantitative estimate of drug-likeness (QED) is 0.745. The summed E-state index contributed by atoms with van der Waals surface area (Å²) in [6, 6.07) is 4.00. The smallest absolute Gasteiger partial charge is 0.414 e. The molecule has 5 nitrogen and oxygen atoms in total. The minimum atomic E-state index is -0.544. The van der Waals surface area contributed by atoms with Crippen molar-refractivity contribution in [1.29, 1.82) is 0 Å². The molecule has 0 fully saturated rings. The van der Waals surface area contributed by atoms with E-state index in [-0.39, 0.29) is 17.1 Å². The first-order valence-corrected chi connectivity index (χ1v) is 4.22. The molecule has 5 heteroatoms. The number of hydrogen-bond donors (Lipinski definition) is 1. The Morgan fingerprint density at radius 1 is 1.47 bits per heavy atom. The number of amides is 1. The summed E-state index contributed by atoms with van der Waals surface area (Å²) in [7, 11) is 3.09. The maximum Gasteiger partial charge on any atom is 0.414 e. The van der Waals surface area contributed by atoms with E-state index in [4.69, 9.17) is 4.74 Å². The van der Waals surface area contributed by atoms with E-state index in [1.54, 1.807) is 14.1 Å². The molecule has 80 valence electrons. The lowest BCUT2D eigenvalue weighted by Gasteiger charge is -2.10. The number of aldehydes is 1. The molecule has 0 spiro atoms. The first-order chi connectivity index (χ1) is 7.04. The molecule has 1 rings (SSSR count). The summed E-state index contributed by atoms with van der Waals surface area (Å²) in [5.74, 6) is 0.0725. The average molecular weight is 209 g/mol. The molecule has 15 heavy (non-hydrogen) atoms. The van der Waals surface area contributed by atoms with Crippen molar-refractivity contribution in [1.82, 2.24) is 4.90 Å². The number of carbonyl (C=O) groups excluding carboxylic acids is 2. The average Bonchev–Trinajstić information content (AvgIpc) is 2.20. The van der Waals surface area contributed by atoms with Gasteiger partial charge in [-0.1, -0.05) is 0 Å². The van der Waals surface area contributed by atoms with Crippen LogP contribution in [0, 0.1) is 0 Å². The molecule has 0 atom stereocenters. The van der Waals surface area contributed by atoms with Crippen molar-refractivity contribution >= 4 is 12.4 Å². The molecule has 0 aromatic heterocycles. The second-order valence-corrected chi connectivity index (χ2v) is 3.10. The molecule has 0 aliphatic carbocycles. The molecular weight excluding hydrogens is 198 g/mol. The number of nitrogens with zero attached hydrogens (tertiary/aromatic N) is 1. The summed E-state index contributed by atoms with van der Waals surface area (Å²) in [6.07, 6.45) is -0.0555. The van der Waals surface area contributed by atoms with Crippen LogP contribution in [0.3, 0.4) is 0 Å². The van der Waals surface area contributed by atoms with E-state index >= 15 is 0 Å². The van der Waals surface area contributed by atoms with Crippen molar-refractivity contribution in [2.45, 2.75) is 0 Å². The van der Waals surface area contributed by atoms with Crippen LogP contribution >= 0.6 is 0 Å². The summed E-state index contributed by atoms with van der Waals surface area (Å²) >= 11 is 0. The van der Waals surface area contributed by atoms with Gasteiger partial charge in [-0.25, -0.2) is 4.79 Å². The number of phenols is 1. The topological polar surface area (TPSA) is 66.8 Å². The van der Waals surface area contributed by atoms with E-state index in [0.717, 1.165) is 0 Å². The van der Waals surface area contributed by atoms with Crippen LogP contribution in [0.4, 0.5) is 4.79 Å². The van der Waals surface area contributed by atoms with Gasteiger partial charge in [-0.2, -0.15) is 0 Å². The molecular formula is C10H11NO4. The fourth-order valence-electron chi connectivity index (χ4n) is 0.883. The fraction of sp³-hybridized carbons (Fsp3) is 0.200. The number of benzene rings is 1. The van der Waals surface area contributed by atoms with Crippen LogP contribution in [0.25, 0.3) is 0 Å². The molecule has 1 aromatic carbocycles. The molecule has 0 aliphatic rings. The fourth-order valence-corrected chi connectivity index (χ4v) is 0.883. The first kappa shape index (κ1) is 11.0. The Morgan fingerprint density at radius 3 is 2.67 bits per heavy atom. The van der Waals surface area contributed by atoms with Crippen molar-refractivity contribution in [2.24, 2.45) is 0 Å². The second-order valence-electron chi connectivity index (χ2n) is 3.10. The zero-order chi connectivity index (χ0) is 11.4. The Hall–Kier alpha value is -2.04. The van der Waals surface area contributed by atoms with Crippen LogP contribution in [0.1, 0.15) is 10.4 Å². The number of ether oxygens (including phenoxy) is 1. The van der Waals surface area contributed by atoms with Crippen LogP contribution in [0.15, 0.2) is 18.2 Å². The third-order valence-corrected chi connectivity index (χ3v) is 1.70. The minimum absolute atomic E-state index is 0.0825. The van der Waals surface area contributed by atoms with Gasteiger partial charge in [0.05, 0.1) is 5.56 Å². The van der Waals surface area contributed by atoms with Gasteiger partial charge >= 0.3 is 6.09 Å². The van der Waals surface area contributed by atoms with Gasteiger partial charge in [0, 0.05) is 14.1 Å². The lowest BCUT2D eigenvalue weighted by molar-refractivity contribution is 0.112. The Bertz CT molecular complexity index is 387.